The van der Waals surface area contributed by atoms with Crippen molar-refractivity contribution in [1.82, 2.24) is 5.32 Å². The van der Waals surface area contributed by atoms with Crippen LogP contribution in [0.25, 0.3) is 0 Å². The molecule has 1 aliphatic heterocycles. The number of hydrogen-bond acceptors (Lipinski definition) is 4. The summed E-state index contributed by atoms with van der Waals surface area (Å²) in [5.74, 6) is 0. The Balaban J connectivity index is 1.86. The number of rotatable bonds is 10. The van der Waals surface area contributed by atoms with Crippen molar-refractivity contribution in [2.24, 2.45) is 0 Å². The molecule has 4 nitrogen and oxygen atoms in total. The first-order valence-corrected chi connectivity index (χ1v) is 7.12. The molecular weight excluding hydrogens is 275 g/mol. The minimum Gasteiger partial charge on any atom is -0.389 e. The Kier molecular flexibility index (Phi) is 8.44. The van der Waals surface area contributed by atoms with Crippen LogP contribution in [0.1, 0.15) is 32.1 Å². The molecule has 20 heavy (non-hydrogen) atoms. The molecule has 0 aliphatic carbocycles. The van der Waals surface area contributed by atoms with Gasteiger partial charge in [-0.05, 0) is 32.2 Å². The highest BCUT2D eigenvalue weighted by Crippen LogP contribution is 2.21. The first kappa shape index (κ1) is 17.7. The van der Waals surface area contributed by atoms with Crippen molar-refractivity contribution in [3.8, 4) is 0 Å². The Hall–Kier alpha value is -0.370. The first-order valence-electron chi connectivity index (χ1n) is 7.12. The van der Waals surface area contributed by atoms with Gasteiger partial charge in [0.15, 0.2) is 0 Å². The fraction of sp³-hybridized carbons (Fsp3) is 1.00. The lowest BCUT2D eigenvalue weighted by atomic mass is 10.2. The maximum Gasteiger partial charge on any atom is 0.389 e. The number of aliphatic hydroxyl groups excluding tert-OH is 1. The van der Waals surface area contributed by atoms with E-state index in [-0.39, 0.29) is 19.1 Å². The third kappa shape index (κ3) is 9.52. The topological polar surface area (TPSA) is 50.7 Å². The Labute approximate surface area is 117 Å². The van der Waals surface area contributed by atoms with Crippen LogP contribution >= 0.6 is 0 Å². The first-order chi connectivity index (χ1) is 9.47. The molecule has 1 rings (SSSR count). The van der Waals surface area contributed by atoms with Crippen molar-refractivity contribution >= 4 is 0 Å². The average Bonchev–Trinajstić information content (AvgIpc) is 2.85. The molecule has 1 aliphatic rings. The molecule has 0 aromatic rings. The molecule has 0 spiro atoms. The summed E-state index contributed by atoms with van der Waals surface area (Å²) in [7, 11) is 0. The van der Waals surface area contributed by atoms with Crippen molar-refractivity contribution in [3.05, 3.63) is 0 Å². The van der Waals surface area contributed by atoms with Gasteiger partial charge in [0, 0.05) is 19.6 Å². The fourth-order valence-corrected chi connectivity index (χ4v) is 2.01. The minimum absolute atomic E-state index is 0.113. The van der Waals surface area contributed by atoms with E-state index in [4.69, 9.17) is 9.47 Å². The molecule has 1 saturated heterocycles. The van der Waals surface area contributed by atoms with Crippen molar-refractivity contribution in [2.45, 2.75) is 50.5 Å². The van der Waals surface area contributed by atoms with E-state index in [0.717, 1.165) is 19.4 Å². The predicted octanol–water partition coefficient (Wildman–Crippen LogP) is 1.87. The second-order valence-electron chi connectivity index (χ2n) is 5.10. The molecule has 2 N–H and O–H groups in total. The van der Waals surface area contributed by atoms with Gasteiger partial charge in [0.25, 0.3) is 0 Å². The van der Waals surface area contributed by atoms with E-state index in [0.29, 0.717) is 26.1 Å². The second kappa shape index (κ2) is 9.55. The van der Waals surface area contributed by atoms with Gasteiger partial charge < -0.3 is 19.9 Å². The van der Waals surface area contributed by atoms with Crippen LogP contribution in [0.3, 0.4) is 0 Å². The van der Waals surface area contributed by atoms with E-state index in [1.54, 1.807) is 0 Å². The van der Waals surface area contributed by atoms with Crippen LogP contribution in [-0.4, -0.2) is 56.4 Å². The van der Waals surface area contributed by atoms with Gasteiger partial charge in [-0.15, -0.1) is 0 Å². The van der Waals surface area contributed by atoms with Gasteiger partial charge >= 0.3 is 6.18 Å². The SMILES string of the molecule is OC(CNCCCCC(F)(F)F)COCC1CCCO1. The van der Waals surface area contributed by atoms with E-state index < -0.39 is 18.7 Å². The molecular formula is C13H24F3NO3. The second-order valence-corrected chi connectivity index (χ2v) is 5.10. The van der Waals surface area contributed by atoms with Gasteiger partial charge in [-0.25, -0.2) is 0 Å². The normalized spacial score (nSPS) is 21.3. The molecule has 2 unspecified atom stereocenters. The Morgan fingerprint density at radius 3 is 2.80 bits per heavy atom. The van der Waals surface area contributed by atoms with Crippen molar-refractivity contribution < 1.29 is 27.8 Å². The molecule has 0 aromatic carbocycles. The maximum absolute atomic E-state index is 11.9. The predicted molar refractivity (Wildman–Crippen MR) is 68.6 cm³/mol. The number of hydrogen-bond donors (Lipinski definition) is 2. The van der Waals surface area contributed by atoms with Gasteiger partial charge in [0.1, 0.15) is 0 Å². The summed E-state index contributed by atoms with van der Waals surface area (Å²) >= 11 is 0. The van der Waals surface area contributed by atoms with Gasteiger partial charge in [0.05, 0.1) is 25.4 Å². The van der Waals surface area contributed by atoms with Crippen LogP contribution < -0.4 is 5.32 Å². The van der Waals surface area contributed by atoms with Crippen molar-refractivity contribution in [3.63, 3.8) is 0 Å². The lowest BCUT2D eigenvalue weighted by molar-refractivity contribution is -0.135. The highest BCUT2D eigenvalue weighted by molar-refractivity contribution is 4.65. The number of alkyl halides is 3. The molecule has 120 valence electrons. The zero-order valence-corrected chi connectivity index (χ0v) is 11.6. The number of unbranched alkanes of at least 4 members (excludes halogenated alkanes) is 1. The average molecular weight is 299 g/mol. The van der Waals surface area contributed by atoms with Crippen molar-refractivity contribution in [2.75, 3.05) is 32.9 Å². The van der Waals surface area contributed by atoms with Crippen LogP contribution in [0.2, 0.25) is 0 Å². The van der Waals surface area contributed by atoms with E-state index in [1.165, 1.54) is 0 Å². The molecule has 1 heterocycles. The van der Waals surface area contributed by atoms with Gasteiger partial charge in [-0.1, -0.05) is 0 Å². The summed E-state index contributed by atoms with van der Waals surface area (Å²) < 4.78 is 46.3. The van der Waals surface area contributed by atoms with Crippen LogP contribution in [0.5, 0.6) is 0 Å². The minimum atomic E-state index is -4.07. The summed E-state index contributed by atoms with van der Waals surface area (Å²) in [6.45, 7) is 2.28. The molecule has 2 atom stereocenters. The van der Waals surface area contributed by atoms with E-state index in [9.17, 15) is 18.3 Å². The van der Waals surface area contributed by atoms with Crippen LogP contribution in [0.15, 0.2) is 0 Å². The summed E-state index contributed by atoms with van der Waals surface area (Å²) in [6.07, 6.45) is -2.72. The van der Waals surface area contributed by atoms with Crippen LogP contribution in [-0.2, 0) is 9.47 Å². The van der Waals surface area contributed by atoms with E-state index in [1.807, 2.05) is 0 Å². The lowest BCUT2D eigenvalue weighted by Gasteiger charge is -2.14. The molecule has 0 saturated carbocycles. The number of ether oxygens (including phenoxy) is 2. The fourth-order valence-electron chi connectivity index (χ4n) is 2.01. The Morgan fingerprint density at radius 2 is 2.15 bits per heavy atom. The number of nitrogens with one attached hydrogen (secondary N) is 1. The Morgan fingerprint density at radius 1 is 1.35 bits per heavy atom. The summed E-state index contributed by atoms with van der Waals surface area (Å²) in [6, 6.07) is 0. The molecule has 0 aromatic heterocycles. The summed E-state index contributed by atoms with van der Waals surface area (Å²) in [5.41, 5.74) is 0. The standard InChI is InChI=1S/C13H24F3NO3/c14-13(15,16)5-1-2-6-17-8-11(18)9-19-10-12-4-3-7-20-12/h11-12,17-18H,1-10H2. The molecule has 0 bridgehead atoms. The third-order valence-electron chi connectivity index (χ3n) is 3.08. The zero-order chi connectivity index (χ0) is 14.8. The van der Waals surface area contributed by atoms with E-state index in [2.05, 4.69) is 5.32 Å². The Bertz CT molecular complexity index is 246. The van der Waals surface area contributed by atoms with Crippen LogP contribution in [0.4, 0.5) is 13.2 Å². The lowest BCUT2D eigenvalue weighted by Crippen LogP contribution is -2.32. The summed E-state index contributed by atoms with van der Waals surface area (Å²) in [4.78, 5) is 0. The summed E-state index contributed by atoms with van der Waals surface area (Å²) in [5, 5.41) is 12.5. The molecule has 1 fully saturated rings. The quantitative estimate of drug-likeness (QED) is 0.605. The van der Waals surface area contributed by atoms with E-state index >= 15 is 0 Å². The maximum atomic E-state index is 11.9. The van der Waals surface area contributed by atoms with Gasteiger partial charge in [0.2, 0.25) is 0 Å². The largest absolute Gasteiger partial charge is 0.389 e. The monoisotopic (exact) mass is 299 g/mol. The van der Waals surface area contributed by atoms with Crippen LogP contribution in [0, 0.1) is 0 Å². The highest BCUT2D eigenvalue weighted by atomic mass is 19.4. The van der Waals surface area contributed by atoms with Gasteiger partial charge in [-0.3, -0.25) is 0 Å². The number of aliphatic hydroxyl groups is 1. The van der Waals surface area contributed by atoms with Gasteiger partial charge in [-0.2, -0.15) is 13.2 Å². The van der Waals surface area contributed by atoms with Crippen molar-refractivity contribution in [1.29, 1.82) is 0 Å². The highest BCUT2D eigenvalue weighted by Gasteiger charge is 2.25. The number of halogens is 3. The molecule has 0 radical (unpaired) electrons. The molecule has 0 amide bonds. The molecule has 7 heteroatoms. The smallest absolute Gasteiger partial charge is 0.389 e. The zero-order valence-electron chi connectivity index (χ0n) is 11.6. The third-order valence-corrected chi connectivity index (χ3v) is 3.08.